The zero-order valence-electron chi connectivity index (χ0n) is 17.5. The molecular formula is C22H27F3N4O2. The fraction of sp³-hybridized carbons (Fsp3) is 0.364. The average Bonchev–Trinajstić information content (AvgIpc) is 2.74. The molecule has 0 aliphatic carbocycles. The second-order valence-electron chi connectivity index (χ2n) is 7.07. The summed E-state index contributed by atoms with van der Waals surface area (Å²) in [4.78, 5) is 0. The first-order chi connectivity index (χ1) is 14.6. The van der Waals surface area contributed by atoms with E-state index in [9.17, 15) is 18.3 Å². The van der Waals surface area contributed by atoms with E-state index in [-0.39, 0.29) is 23.6 Å². The normalized spacial score (nSPS) is 13.1. The van der Waals surface area contributed by atoms with Gasteiger partial charge in [0.2, 0.25) is 0 Å². The van der Waals surface area contributed by atoms with E-state index in [1.54, 1.807) is 24.3 Å². The molecule has 2 aromatic rings. The predicted molar refractivity (Wildman–Crippen MR) is 115 cm³/mol. The van der Waals surface area contributed by atoms with Crippen LogP contribution in [0.3, 0.4) is 0 Å². The van der Waals surface area contributed by atoms with Crippen LogP contribution >= 0.6 is 0 Å². The third-order valence-corrected chi connectivity index (χ3v) is 4.75. The highest BCUT2D eigenvalue weighted by molar-refractivity contribution is 6.05. The number of nitrogens with zero attached hydrogens (tertiary/aromatic N) is 1. The van der Waals surface area contributed by atoms with Crippen LogP contribution in [0.2, 0.25) is 0 Å². The first kappa shape index (κ1) is 24.0. The number of hydrogen-bond acceptors (Lipinski definition) is 5. The zero-order chi connectivity index (χ0) is 23.2. The topological polar surface area (TPSA) is 118 Å². The largest absolute Gasteiger partial charge is 0.507 e. The molecule has 168 valence electrons. The van der Waals surface area contributed by atoms with Crippen LogP contribution in [0.1, 0.15) is 55.0 Å². The van der Waals surface area contributed by atoms with Crippen molar-refractivity contribution in [1.82, 2.24) is 0 Å². The third kappa shape index (κ3) is 5.48. The van der Waals surface area contributed by atoms with Gasteiger partial charge in [-0.25, -0.2) is 0 Å². The van der Waals surface area contributed by atoms with Gasteiger partial charge in [-0.1, -0.05) is 57.0 Å². The van der Waals surface area contributed by atoms with Gasteiger partial charge in [0.15, 0.2) is 11.9 Å². The van der Waals surface area contributed by atoms with Crippen molar-refractivity contribution < 1.29 is 23.0 Å². The summed E-state index contributed by atoms with van der Waals surface area (Å²) < 4.78 is 45.8. The molecule has 1 atom stereocenters. The van der Waals surface area contributed by atoms with Gasteiger partial charge < -0.3 is 21.4 Å². The molecule has 0 amide bonds. The Morgan fingerprint density at radius 1 is 1.16 bits per heavy atom. The summed E-state index contributed by atoms with van der Waals surface area (Å²) >= 11 is 0. The van der Waals surface area contributed by atoms with Crippen LogP contribution in [0.4, 0.5) is 13.2 Å². The van der Waals surface area contributed by atoms with E-state index < -0.39 is 29.3 Å². The molecule has 0 fully saturated rings. The Morgan fingerprint density at radius 3 is 2.29 bits per heavy atom. The molecule has 0 radical (unpaired) electrons. The van der Waals surface area contributed by atoms with Crippen LogP contribution < -0.4 is 16.3 Å². The number of hydrogen-bond donors (Lipinski definition) is 4. The predicted octanol–water partition coefficient (Wildman–Crippen LogP) is 4.58. The maximum atomic E-state index is 13.2. The summed E-state index contributed by atoms with van der Waals surface area (Å²) in [5, 5.41) is 21.8. The standard InChI is InChI=1S/C22H27F3N4O2/c1-3-8-14-12-16(20(26)22(23,24)25)17(30)15(9-4-2)18(14)31-19(21(27)29-28)13-10-6-5-7-11-13/h5-7,10-12,19,26,30H,3-4,8-9,28H2,1-2H3,(H2,27,29). The summed E-state index contributed by atoms with van der Waals surface area (Å²) in [7, 11) is 0. The van der Waals surface area contributed by atoms with E-state index in [0.717, 1.165) is 0 Å². The van der Waals surface area contributed by atoms with E-state index >= 15 is 0 Å². The lowest BCUT2D eigenvalue weighted by Gasteiger charge is -2.25. The Balaban J connectivity index is 2.71. The number of halogens is 3. The quantitative estimate of drug-likeness (QED) is 0.199. The van der Waals surface area contributed by atoms with E-state index in [1.807, 2.05) is 19.9 Å². The molecule has 0 aliphatic rings. The highest BCUT2D eigenvalue weighted by Gasteiger charge is 2.38. The maximum Gasteiger partial charge on any atom is 0.433 e. The Morgan fingerprint density at radius 2 is 1.77 bits per heavy atom. The molecule has 6 N–H and O–H groups in total. The number of ether oxygens (including phenoxy) is 1. The first-order valence-electron chi connectivity index (χ1n) is 9.94. The minimum Gasteiger partial charge on any atom is -0.507 e. The van der Waals surface area contributed by atoms with Gasteiger partial charge in [0.1, 0.15) is 17.2 Å². The molecule has 0 heterocycles. The average molecular weight is 436 g/mol. The molecule has 0 aliphatic heterocycles. The molecule has 2 rings (SSSR count). The Kier molecular flexibility index (Phi) is 7.90. The lowest BCUT2D eigenvalue weighted by atomic mass is 9.94. The summed E-state index contributed by atoms with van der Waals surface area (Å²) in [5.41, 5.74) is 5.09. The van der Waals surface area contributed by atoms with Crippen molar-refractivity contribution in [3.8, 4) is 11.5 Å². The van der Waals surface area contributed by atoms with Crippen molar-refractivity contribution in [3.63, 3.8) is 0 Å². The number of amidine groups is 1. The van der Waals surface area contributed by atoms with Crippen molar-refractivity contribution in [3.05, 3.63) is 58.7 Å². The van der Waals surface area contributed by atoms with E-state index in [0.29, 0.717) is 30.4 Å². The molecule has 0 saturated heterocycles. The van der Waals surface area contributed by atoms with Crippen LogP contribution in [0.25, 0.3) is 0 Å². The Hall–Kier alpha value is -3.23. The number of hydrazone groups is 1. The molecule has 0 saturated carbocycles. The smallest absolute Gasteiger partial charge is 0.433 e. The lowest BCUT2D eigenvalue weighted by Crippen LogP contribution is -2.29. The van der Waals surface area contributed by atoms with Gasteiger partial charge in [0, 0.05) is 16.7 Å². The Bertz CT molecular complexity index is 944. The third-order valence-electron chi connectivity index (χ3n) is 4.75. The molecular weight excluding hydrogens is 409 g/mol. The number of nitrogens with two attached hydrogens (primary N) is 2. The van der Waals surface area contributed by atoms with Crippen LogP contribution in [-0.2, 0) is 12.8 Å². The van der Waals surface area contributed by atoms with Gasteiger partial charge in [0.25, 0.3) is 0 Å². The van der Waals surface area contributed by atoms with Crippen LogP contribution in [0, 0.1) is 5.41 Å². The van der Waals surface area contributed by atoms with Crippen LogP contribution in [0.5, 0.6) is 11.5 Å². The van der Waals surface area contributed by atoms with Gasteiger partial charge in [-0.05, 0) is 24.5 Å². The summed E-state index contributed by atoms with van der Waals surface area (Å²) in [6.45, 7) is 3.70. The van der Waals surface area contributed by atoms with Gasteiger partial charge >= 0.3 is 6.18 Å². The maximum absolute atomic E-state index is 13.2. The minimum absolute atomic E-state index is 0.0253. The van der Waals surface area contributed by atoms with E-state index in [1.165, 1.54) is 6.07 Å². The van der Waals surface area contributed by atoms with Gasteiger partial charge in [-0.3, -0.25) is 5.41 Å². The Labute approximate surface area is 179 Å². The highest BCUT2D eigenvalue weighted by Crippen LogP contribution is 2.41. The van der Waals surface area contributed by atoms with Gasteiger partial charge in [-0.15, -0.1) is 0 Å². The second kappa shape index (κ2) is 10.2. The number of aromatic hydroxyl groups is 1. The summed E-state index contributed by atoms with van der Waals surface area (Å²) in [5.74, 6) is 4.97. The van der Waals surface area contributed by atoms with E-state index in [4.69, 9.17) is 21.7 Å². The number of phenolic OH excluding ortho intramolecular Hbond substituents is 1. The zero-order valence-corrected chi connectivity index (χ0v) is 17.5. The first-order valence-corrected chi connectivity index (χ1v) is 9.94. The van der Waals surface area contributed by atoms with Crippen LogP contribution in [0.15, 0.2) is 41.5 Å². The van der Waals surface area contributed by atoms with Crippen molar-refractivity contribution in [2.45, 2.75) is 51.8 Å². The summed E-state index contributed by atoms with van der Waals surface area (Å²) in [6, 6.07) is 10.1. The summed E-state index contributed by atoms with van der Waals surface area (Å²) in [6.07, 6.45) is -4.01. The van der Waals surface area contributed by atoms with Crippen molar-refractivity contribution in [2.75, 3.05) is 0 Å². The molecule has 6 nitrogen and oxygen atoms in total. The molecule has 0 aromatic heterocycles. The highest BCUT2D eigenvalue weighted by atomic mass is 19.4. The number of rotatable bonds is 9. The fourth-order valence-electron chi connectivity index (χ4n) is 3.31. The van der Waals surface area contributed by atoms with Crippen molar-refractivity contribution in [1.29, 1.82) is 5.41 Å². The number of phenols is 1. The van der Waals surface area contributed by atoms with Crippen molar-refractivity contribution >= 4 is 11.5 Å². The number of nitrogens with one attached hydrogen (secondary N) is 1. The molecule has 1 unspecified atom stereocenters. The number of benzene rings is 2. The monoisotopic (exact) mass is 436 g/mol. The van der Waals surface area contributed by atoms with E-state index in [2.05, 4.69) is 5.10 Å². The molecule has 31 heavy (non-hydrogen) atoms. The number of alkyl halides is 3. The number of aryl methyl sites for hydroxylation is 1. The molecule has 9 heteroatoms. The van der Waals surface area contributed by atoms with Crippen LogP contribution in [-0.4, -0.2) is 22.8 Å². The molecule has 0 bridgehead atoms. The van der Waals surface area contributed by atoms with Gasteiger partial charge in [-0.2, -0.15) is 18.3 Å². The SMILES string of the molecule is CCCc1cc(C(=N)C(F)(F)F)c(O)c(CCC)c1OC(/C(N)=N/N)c1ccccc1. The lowest BCUT2D eigenvalue weighted by molar-refractivity contribution is -0.0588. The fourth-order valence-corrected chi connectivity index (χ4v) is 3.31. The molecule has 2 aromatic carbocycles. The van der Waals surface area contributed by atoms with Crippen molar-refractivity contribution in [2.24, 2.45) is 16.7 Å². The second-order valence-corrected chi connectivity index (χ2v) is 7.07. The molecule has 0 spiro atoms. The minimum atomic E-state index is -4.89. The van der Waals surface area contributed by atoms with Gasteiger partial charge in [0.05, 0.1) is 0 Å².